The molecule has 0 amide bonds. The van der Waals surface area contributed by atoms with E-state index in [2.05, 4.69) is 24.8 Å². The van der Waals surface area contributed by atoms with Crippen LogP contribution in [0.5, 0.6) is 0 Å². The topological polar surface area (TPSA) is 61.3 Å². The van der Waals surface area contributed by atoms with Crippen LogP contribution in [0.15, 0.2) is 18.5 Å². The van der Waals surface area contributed by atoms with Crippen molar-refractivity contribution in [3.8, 4) is 0 Å². The van der Waals surface area contributed by atoms with E-state index >= 15 is 0 Å². The summed E-state index contributed by atoms with van der Waals surface area (Å²) >= 11 is 0. The lowest BCUT2D eigenvalue weighted by molar-refractivity contribution is 0.600. The minimum absolute atomic E-state index is 0.420. The third kappa shape index (κ3) is 3.46. The van der Waals surface area contributed by atoms with E-state index in [9.17, 15) is 4.39 Å². The Bertz CT molecular complexity index is 666. The number of aromatic nitrogens is 4. The van der Waals surface area contributed by atoms with Crippen LogP contribution in [-0.4, -0.2) is 60.2 Å². The molecule has 1 saturated heterocycles. The van der Waals surface area contributed by atoms with E-state index < -0.39 is 5.82 Å². The molecule has 0 spiro atoms. The molecule has 2 aromatic rings. The first-order chi connectivity index (χ1) is 11.0. The minimum Gasteiger partial charge on any atom is -0.363 e. The monoisotopic (exact) mass is 317 g/mol. The molecule has 0 aromatic carbocycles. The van der Waals surface area contributed by atoms with Gasteiger partial charge in [-0.2, -0.15) is 4.98 Å². The molecule has 0 radical (unpaired) electrons. The van der Waals surface area contributed by atoms with Gasteiger partial charge in [-0.25, -0.2) is 19.3 Å². The number of hydrogen-bond donors (Lipinski definition) is 0. The van der Waals surface area contributed by atoms with Crippen LogP contribution in [-0.2, 0) is 0 Å². The van der Waals surface area contributed by atoms with Gasteiger partial charge in [0.25, 0.3) is 0 Å². The van der Waals surface area contributed by atoms with Gasteiger partial charge in [0.2, 0.25) is 11.9 Å². The fourth-order valence-corrected chi connectivity index (χ4v) is 2.48. The summed E-state index contributed by atoms with van der Waals surface area (Å²) in [7, 11) is 3.94. The maximum Gasteiger partial charge on any atom is 0.227 e. The van der Waals surface area contributed by atoms with E-state index in [4.69, 9.17) is 0 Å². The summed E-state index contributed by atoms with van der Waals surface area (Å²) < 4.78 is 12.9. The standard InChI is InChI=1S/C15H20FN7/c1-11-8-13(21(2)3)20-15(19-11)23-6-4-22(5-7-23)14-17-9-12(16)10-18-14/h8-10H,4-7H2,1-3H3. The predicted molar refractivity (Wildman–Crippen MR) is 87.5 cm³/mol. The minimum atomic E-state index is -0.420. The highest BCUT2D eigenvalue weighted by atomic mass is 19.1. The molecule has 7 nitrogen and oxygen atoms in total. The van der Waals surface area contributed by atoms with Gasteiger partial charge < -0.3 is 14.7 Å². The fraction of sp³-hybridized carbons (Fsp3) is 0.467. The highest BCUT2D eigenvalue weighted by Crippen LogP contribution is 2.18. The lowest BCUT2D eigenvalue weighted by Gasteiger charge is -2.35. The maximum absolute atomic E-state index is 12.9. The SMILES string of the molecule is Cc1cc(N(C)C)nc(N2CCN(c3ncc(F)cn3)CC2)n1. The second-order valence-corrected chi connectivity index (χ2v) is 5.74. The van der Waals surface area contributed by atoms with Crippen LogP contribution >= 0.6 is 0 Å². The van der Waals surface area contributed by atoms with Gasteiger partial charge in [-0.1, -0.05) is 0 Å². The van der Waals surface area contributed by atoms with Crippen molar-refractivity contribution in [2.75, 3.05) is 55.0 Å². The van der Waals surface area contributed by atoms with E-state index in [1.54, 1.807) is 0 Å². The molecule has 0 saturated carbocycles. The second-order valence-electron chi connectivity index (χ2n) is 5.74. The van der Waals surface area contributed by atoms with Crippen molar-refractivity contribution < 1.29 is 4.39 Å². The van der Waals surface area contributed by atoms with E-state index in [1.807, 2.05) is 36.9 Å². The molecule has 1 aliphatic heterocycles. The van der Waals surface area contributed by atoms with Crippen LogP contribution in [0.3, 0.4) is 0 Å². The Morgan fingerprint density at radius 2 is 1.52 bits per heavy atom. The van der Waals surface area contributed by atoms with Crippen molar-refractivity contribution in [3.63, 3.8) is 0 Å². The molecule has 3 heterocycles. The number of nitrogens with zero attached hydrogens (tertiary/aromatic N) is 7. The Labute approximate surface area is 134 Å². The molecule has 0 unspecified atom stereocenters. The van der Waals surface area contributed by atoms with Gasteiger partial charge in [-0.05, 0) is 6.92 Å². The first-order valence-electron chi connectivity index (χ1n) is 7.53. The summed E-state index contributed by atoms with van der Waals surface area (Å²) in [5.41, 5.74) is 0.947. The molecule has 1 aliphatic rings. The van der Waals surface area contributed by atoms with Gasteiger partial charge >= 0.3 is 0 Å². The van der Waals surface area contributed by atoms with Gasteiger partial charge in [-0.3, -0.25) is 0 Å². The van der Waals surface area contributed by atoms with Gasteiger partial charge in [0.15, 0.2) is 5.82 Å². The first-order valence-corrected chi connectivity index (χ1v) is 7.53. The van der Waals surface area contributed by atoms with Crippen molar-refractivity contribution in [3.05, 3.63) is 30.0 Å². The lowest BCUT2D eigenvalue weighted by atomic mass is 10.3. The summed E-state index contributed by atoms with van der Waals surface area (Å²) in [6, 6.07) is 1.96. The summed E-state index contributed by atoms with van der Waals surface area (Å²) in [4.78, 5) is 23.4. The summed E-state index contributed by atoms with van der Waals surface area (Å²) in [5, 5.41) is 0. The number of anilines is 3. The van der Waals surface area contributed by atoms with Crippen LogP contribution in [0.4, 0.5) is 22.1 Å². The second kappa shape index (κ2) is 6.31. The lowest BCUT2D eigenvalue weighted by Crippen LogP contribution is -2.47. The molecule has 0 N–H and O–H groups in total. The van der Waals surface area contributed by atoms with Crippen molar-refractivity contribution in [1.29, 1.82) is 0 Å². The number of hydrogen-bond acceptors (Lipinski definition) is 7. The van der Waals surface area contributed by atoms with Crippen LogP contribution in [0.1, 0.15) is 5.69 Å². The molecule has 122 valence electrons. The largest absolute Gasteiger partial charge is 0.363 e. The third-order valence-electron chi connectivity index (χ3n) is 3.74. The molecule has 0 atom stereocenters. The van der Waals surface area contributed by atoms with Gasteiger partial charge in [0, 0.05) is 52.0 Å². The highest BCUT2D eigenvalue weighted by molar-refractivity contribution is 5.46. The zero-order valence-corrected chi connectivity index (χ0v) is 13.6. The zero-order valence-electron chi connectivity index (χ0n) is 13.6. The molecule has 23 heavy (non-hydrogen) atoms. The summed E-state index contributed by atoms with van der Waals surface area (Å²) in [6.07, 6.45) is 2.39. The third-order valence-corrected chi connectivity index (χ3v) is 3.74. The first kappa shape index (κ1) is 15.4. The molecule has 2 aromatic heterocycles. The Hall–Kier alpha value is -2.51. The average molecular weight is 317 g/mol. The Morgan fingerprint density at radius 3 is 2.09 bits per heavy atom. The van der Waals surface area contributed by atoms with Gasteiger partial charge in [0.05, 0.1) is 12.4 Å². The maximum atomic E-state index is 12.9. The molecule has 0 bridgehead atoms. The van der Waals surface area contributed by atoms with Crippen molar-refractivity contribution in [2.45, 2.75) is 6.92 Å². The molecular weight excluding hydrogens is 297 g/mol. The quantitative estimate of drug-likeness (QED) is 0.840. The van der Waals surface area contributed by atoms with Gasteiger partial charge in [-0.15, -0.1) is 0 Å². The highest BCUT2D eigenvalue weighted by Gasteiger charge is 2.21. The predicted octanol–water partition coefficient (Wildman–Crippen LogP) is 1.11. The number of halogens is 1. The Morgan fingerprint density at radius 1 is 0.957 bits per heavy atom. The Balaban J connectivity index is 1.70. The van der Waals surface area contributed by atoms with Gasteiger partial charge in [0.1, 0.15) is 5.82 Å². The Kier molecular flexibility index (Phi) is 4.22. The van der Waals surface area contributed by atoms with Crippen molar-refractivity contribution >= 4 is 17.7 Å². The number of aryl methyl sites for hydroxylation is 1. The molecular formula is C15H20FN7. The number of piperazine rings is 1. The van der Waals surface area contributed by atoms with E-state index in [-0.39, 0.29) is 0 Å². The summed E-state index contributed by atoms with van der Waals surface area (Å²) in [6.45, 7) is 5.02. The normalized spacial score (nSPS) is 15.0. The van der Waals surface area contributed by atoms with E-state index in [0.717, 1.165) is 43.6 Å². The van der Waals surface area contributed by atoms with E-state index in [0.29, 0.717) is 5.95 Å². The van der Waals surface area contributed by atoms with Crippen molar-refractivity contribution in [1.82, 2.24) is 19.9 Å². The molecule has 3 rings (SSSR count). The van der Waals surface area contributed by atoms with Crippen LogP contribution in [0.2, 0.25) is 0 Å². The van der Waals surface area contributed by atoms with Crippen molar-refractivity contribution in [2.24, 2.45) is 0 Å². The summed E-state index contributed by atoms with van der Waals surface area (Å²) in [5.74, 6) is 1.78. The molecule has 0 aliphatic carbocycles. The van der Waals surface area contributed by atoms with E-state index in [1.165, 1.54) is 12.4 Å². The average Bonchev–Trinajstić information content (AvgIpc) is 2.55. The number of rotatable bonds is 3. The van der Waals surface area contributed by atoms with Crippen LogP contribution < -0.4 is 14.7 Å². The molecule has 1 fully saturated rings. The van der Waals surface area contributed by atoms with Crippen LogP contribution in [0.25, 0.3) is 0 Å². The smallest absolute Gasteiger partial charge is 0.227 e. The molecule has 8 heteroatoms. The zero-order chi connectivity index (χ0) is 16.4. The fourth-order valence-electron chi connectivity index (χ4n) is 2.48. The van der Waals surface area contributed by atoms with Crippen LogP contribution in [0, 0.1) is 12.7 Å².